The summed E-state index contributed by atoms with van der Waals surface area (Å²) in [7, 11) is 0. The van der Waals surface area contributed by atoms with E-state index in [-0.39, 0.29) is 11.4 Å². The number of rotatable bonds is 5. The molecule has 4 aromatic rings. The fourth-order valence-corrected chi connectivity index (χ4v) is 3.94. The van der Waals surface area contributed by atoms with Crippen LogP contribution in [0.15, 0.2) is 78.5 Å². The van der Waals surface area contributed by atoms with Gasteiger partial charge < -0.3 is 0 Å². The van der Waals surface area contributed by atoms with Crippen molar-refractivity contribution in [1.29, 1.82) is 5.26 Å². The third-order valence-corrected chi connectivity index (χ3v) is 5.47. The molecule has 1 heterocycles. The standard InChI is InChI=1S/C24H16FN3OS/c25-20-10-8-16(9-11-20)12-21-15-27-24(30-21)28-23(29)19(14-26)13-18-6-3-5-17-4-1-2-7-22(17)18/h1-11,13,15H,12H2,(H,27,28,29)/b19-13+. The van der Waals surface area contributed by atoms with Crippen molar-refractivity contribution in [3.63, 3.8) is 0 Å². The molecule has 0 fully saturated rings. The summed E-state index contributed by atoms with van der Waals surface area (Å²) >= 11 is 1.32. The van der Waals surface area contributed by atoms with Gasteiger partial charge in [-0.15, -0.1) is 11.3 Å². The zero-order chi connectivity index (χ0) is 20.9. The van der Waals surface area contributed by atoms with Crippen molar-refractivity contribution in [2.45, 2.75) is 6.42 Å². The summed E-state index contributed by atoms with van der Waals surface area (Å²) in [6.45, 7) is 0. The van der Waals surface area contributed by atoms with Gasteiger partial charge >= 0.3 is 0 Å². The Hall–Kier alpha value is -3.82. The number of thiazole rings is 1. The maximum Gasteiger partial charge on any atom is 0.268 e. The predicted molar refractivity (Wildman–Crippen MR) is 117 cm³/mol. The van der Waals surface area contributed by atoms with Crippen LogP contribution >= 0.6 is 11.3 Å². The number of carbonyl (C=O) groups is 1. The first kappa shape index (κ1) is 19.5. The molecule has 30 heavy (non-hydrogen) atoms. The van der Waals surface area contributed by atoms with Crippen LogP contribution in [0.5, 0.6) is 0 Å². The summed E-state index contributed by atoms with van der Waals surface area (Å²) < 4.78 is 13.0. The molecule has 4 nitrogen and oxygen atoms in total. The average Bonchev–Trinajstić information content (AvgIpc) is 3.20. The summed E-state index contributed by atoms with van der Waals surface area (Å²) in [5.41, 5.74) is 1.75. The second kappa shape index (κ2) is 8.68. The smallest absolute Gasteiger partial charge is 0.268 e. The van der Waals surface area contributed by atoms with Crippen LogP contribution in [0.4, 0.5) is 9.52 Å². The number of benzene rings is 3. The van der Waals surface area contributed by atoms with Gasteiger partial charge in [-0.2, -0.15) is 5.26 Å². The molecule has 4 rings (SSSR count). The Morgan fingerprint density at radius 2 is 1.87 bits per heavy atom. The van der Waals surface area contributed by atoms with Crippen molar-refractivity contribution in [2.24, 2.45) is 0 Å². The van der Waals surface area contributed by atoms with Crippen molar-refractivity contribution >= 4 is 39.2 Å². The lowest BCUT2D eigenvalue weighted by Gasteiger charge is -2.04. The molecule has 0 atom stereocenters. The molecule has 146 valence electrons. The molecule has 0 bridgehead atoms. The maximum atomic E-state index is 13.0. The fraction of sp³-hybridized carbons (Fsp3) is 0.0417. The van der Waals surface area contributed by atoms with Crippen molar-refractivity contribution in [2.75, 3.05) is 5.32 Å². The highest BCUT2D eigenvalue weighted by molar-refractivity contribution is 7.15. The number of nitrogens with one attached hydrogen (secondary N) is 1. The molecule has 0 saturated heterocycles. The Bertz CT molecular complexity index is 1280. The number of carbonyl (C=O) groups excluding carboxylic acids is 1. The van der Waals surface area contributed by atoms with Crippen molar-refractivity contribution < 1.29 is 9.18 Å². The second-order valence-corrected chi connectivity index (χ2v) is 7.74. The largest absolute Gasteiger partial charge is 0.297 e. The highest BCUT2D eigenvalue weighted by Gasteiger charge is 2.13. The molecule has 1 N–H and O–H groups in total. The van der Waals surface area contributed by atoms with Gasteiger partial charge in [0.25, 0.3) is 5.91 Å². The van der Waals surface area contributed by atoms with Crippen LogP contribution < -0.4 is 5.32 Å². The van der Waals surface area contributed by atoms with Crippen LogP contribution in [0.25, 0.3) is 16.8 Å². The molecular formula is C24H16FN3OS. The number of amides is 1. The molecule has 1 aromatic heterocycles. The Balaban J connectivity index is 1.51. The van der Waals surface area contributed by atoms with Crippen molar-refractivity contribution in [1.82, 2.24) is 4.98 Å². The van der Waals surface area contributed by atoms with Crippen LogP contribution in [0.1, 0.15) is 16.0 Å². The van der Waals surface area contributed by atoms with E-state index in [1.165, 1.54) is 23.5 Å². The predicted octanol–water partition coefficient (Wildman–Crippen LogP) is 5.57. The number of nitrogens with zero attached hydrogens (tertiary/aromatic N) is 2. The molecule has 6 heteroatoms. The summed E-state index contributed by atoms with van der Waals surface area (Å²) in [6.07, 6.45) is 3.85. The molecule has 3 aromatic carbocycles. The molecule has 0 spiro atoms. The minimum Gasteiger partial charge on any atom is -0.297 e. The van der Waals surface area contributed by atoms with E-state index in [9.17, 15) is 14.4 Å². The van der Waals surface area contributed by atoms with E-state index in [0.717, 1.165) is 26.8 Å². The first-order valence-electron chi connectivity index (χ1n) is 9.22. The Morgan fingerprint density at radius 1 is 1.10 bits per heavy atom. The molecule has 0 aliphatic rings. The van der Waals surface area contributed by atoms with Crippen molar-refractivity contribution in [3.8, 4) is 6.07 Å². The second-order valence-electron chi connectivity index (χ2n) is 6.63. The first-order valence-corrected chi connectivity index (χ1v) is 10.0. The van der Waals surface area contributed by atoms with E-state index in [2.05, 4.69) is 10.3 Å². The molecule has 0 aliphatic carbocycles. The normalized spacial score (nSPS) is 11.3. The minimum absolute atomic E-state index is 0.00152. The Morgan fingerprint density at radius 3 is 2.67 bits per heavy atom. The molecule has 0 saturated carbocycles. The number of fused-ring (bicyclic) bond motifs is 1. The summed E-state index contributed by atoms with van der Waals surface area (Å²) in [5.74, 6) is -0.786. The summed E-state index contributed by atoms with van der Waals surface area (Å²) in [6, 6.07) is 21.8. The zero-order valence-corrected chi connectivity index (χ0v) is 16.6. The third kappa shape index (κ3) is 4.43. The number of nitriles is 1. The Labute approximate surface area is 176 Å². The topological polar surface area (TPSA) is 65.8 Å². The van der Waals surface area contributed by atoms with Gasteiger partial charge in [-0.3, -0.25) is 10.1 Å². The van der Waals surface area contributed by atoms with E-state index in [4.69, 9.17) is 0 Å². The molecule has 1 amide bonds. The number of aromatic nitrogens is 1. The number of hydrogen-bond donors (Lipinski definition) is 1. The lowest BCUT2D eigenvalue weighted by Crippen LogP contribution is -2.13. The average molecular weight is 413 g/mol. The van der Waals surface area contributed by atoms with Crippen LogP contribution in [-0.4, -0.2) is 10.9 Å². The lowest BCUT2D eigenvalue weighted by molar-refractivity contribution is -0.112. The van der Waals surface area contributed by atoms with Crippen LogP contribution in [0.2, 0.25) is 0 Å². The molecule has 0 radical (unpaired) electrons. The summed E-state index contributed by atoms with van der Waals surface area (Å²) in [5, 5.41) is 14.6. The van der Waals surface area contributed by atoms with Gasteiger partial charge in [0.15, 0.2) is 5.13 Å². The third-order valence-electron chi connectivity index (χ3n) is 4.55. The van der Waals surface area contributed by atoms with E-state index in [0.29, 0.717) is 11.6 Å². The van der Waals surface area contributed by atoms with Gasteiger partial charge in [0.2, 0.25) is 0 Å². The van der Waals surface area contributed by atoms with Gasteiger partial charge in [-0.1, -0.05) is 54.6 Å². The maximum absolute atomic E-state index is 13.0. The van der Waals surface area contributed by atoms with Crippen LogP contribution in [0, 0.1) is 17.1 Å². The van der Waals surface area contributed by atoms with E-state index >= 15 is 0 Å². The molecular weight excluding hydrogens is 397 g/mol. The molecule has 0 unspecified atom stereocenters. The fourth-order valence-electron chi connectivity index (χ4n) is 3.10. The van der Waals surface area contributed by atoms with Crippen LogP contribution in [0.3, 0.4) is 0 Å². The monoisotopic (exact) mass is 413 g/mol. The molecule has 0 aliphatic heterocycles. The van der Waals surface area contributed by atoms with Crippen molar-refractivity contribution in [3.05, 3.63) is 100 Å². The minimum atomic E-state index is -0.506. The van der Waals surface area contributed by atoms with Gasteiger partial charge in [-0.25, -0.2) is 9.37 Å². The van der Waals surface area contributed by atoms with Gasteiger partial charge in [0.1, 0.15) is 17.5 Å². The number of anilines is 1. The SMILES string of the molecule is N#C/C(=C\c1cccc2ccccc12)C(=O)Nc1ncc(Cc2ccc(F)cc2)s1. The van der Waals surface area contributed by atoms with Gasteiger partial charge in [0, 0.05) is 17.5 Å². The van der Waals surface area contributed by atoms with E-state index in [1.54, 1.807) is 24.4 Å². The number of halogens is 1. The van der Waals surface area contributed by atoms with E-state index in [1.807, 2.05) is 48.5 Å². The van der Waals surface area contributed by atoms with Gasteiger partial charge in [0.05, 0.1) is 0 Å². The summed E-state index contributed by atoms with van der Waals surface area (Å²) in [4.78, 5) is 17.8. The highest BCUT2D eigenvalue weighted by Crippen LogP contribution is 2.24. The lowest BCUT2D eigenvalue weighted by atomic mass is 10.0. The first-order chi connectivity index (χ1) is 14.6. The zero-order valence-electron chi connectivity index (χ0n) is 15.8. The van der Waals surface area contributed by atoms with E-state index < -0.39 is 5.91 Å². The quantitative estimate of drug-likeness (QED) is 0.343. The Kier molecular flexibility index (Phi) is 5.64. The highest BCUT2D eigenvalue weighted by atomic mass is 32.1. The van der Waals surface area contributed by atoms with Gasteiger partial charge in [-0.05, 0) is 40.1 Å². The number of hydrogen-bond acceptors (Lipinski definition) is 4. The van der Waals surface area contributed by atoms with Crippen LogP contribution in [-0.2, 0) is 11.2 Å².